The summed E-state index contributed by atoms with van der Waals surface area (Å²) in [6, 6.07) is 19.8. The van der Waals surface area contributed by atoms with Gasteiger partial charge in [0.05, 0.1) is 17.4 Å². The lowest BCUT2D eigenvalue weighted by molar-refractivity contribution is -0.141. The number of unbranched alkanes of at least 4 members (excludes halogenated alkanes) is 4. The zero-order valence-electron chi connectivity index (χ0n) is 28.2. The fourth-order valence-electron chi connectivity index (χ4n) is 6.42. The van der Waals surface area contributed by atoms with Crippen molar-refractivity contribution in [3.63, 3.8) is 0 Å². The van der Waals surface area contributed by atoms with Crippen molar-refractivity contribution < 1.29 is 24.2 Å². The van der Waals surface area contributed by atoms with Gasteiger partial charge in [0.2, 0.25) is 5.91 Å². The molecule has 1 saturated heterocycles. The van der Waals surface area contributed by atoms with Crippen molar-refractivity contribution in [2.24, 2.45) is 11.8 Å². The fourth-order valence-corrected chi connectivity index (χ4v) is 7.55. The maximum absolute atomic E-state index is 13.7. The summed E-state index contributed by atoms with van der Waals surface area (Å²) in [6.07, 6.45) is 12.9. The van der Waals surface area contributed by atoms with Gasteiger partial charge in [-0.1, -0.05) is 69.0 Å². The first-order valence-electron chi connectivity index (χ1n) is 17.7. The van der Waals surface area contributed by atoms with Crippen molar-refractivity contribution in [2.75, 3.05) is 19.7 Å². The Morgan fingerprint density at radius 3 is 2.27 bits per heavy atom. The van der Waals surface area contributed by atoms with Gasteiger partial charge in [-0.05, 0) is 73.4 Å². The number of rotatable bonds is 17. The van der Waals surface area contributed by atoms with E-state index in [0.717, 1.165) is 41.0 Å². The zero-order chi connectivity index (χ0) is 34.2. The number of carbonyl (C=O) groups excluding carboxylic acids is 2. The molecule has 2 aliphatic rings. The van der Waals surface area contributed by atoms with E-state index < -0.39 is 17.8 Å². The lowest BCUT2D eigenvalue weighted by atomic mass is 9.92. The minimum absolute atomic E-state index is 0.0330. The molecule has 0 bridgehead atoms. The van der Waals surface area contributed by atoms with Gasteiger partial charge in [-0.2, -0.15) is 0 Å². The standard InChI is InChI=1S/C40H45N3O5S/c1-2-3-4-5-6-21-48-34-15-13-28(14-16-34)33-24-41-38(42-25-33)30-9-7-27(8-10-30)22-32(39(45)43-20-19-31(26-43)40(46)47)23-35(44)37-18-17-36(49-37)29-11-12-29/h7-10,13-18,24-25,29,31-32H,2-6,11-12,19-23,26H2,1H3,(H,46,47)/t31-,32+/m0/s1. The Hall–Kier alpha value is -4.37. The van der Waals surface area contributed by atoms with Crippen LogP contribution in [0.3, 0.4) is 0 Å². The molecule has 1 aliphatic carbocycles. The molecule has 256 valence electrons. The monoisotopic (exact) mass is 679 g/mol. The first-order valence-corrected chi connectivity index (χ1v) is 18.5. The molecule has 1 N–H and O–H groups in total. The number of aromatic nitrogens is 2. The number of amides is 1. The lowest BCUT2D eigenvalue weighted by Crippen LogP contribution is -2.37. The average molecular weight is 680 g/mol. The van der Waals surface area contributed by atoms with Crippen LogP contribution in [-0.2, 0) is 16.0 Å². The van der Waals surface area contributed by atoms with Crippen molar-refractivity contribution in [1.29, 1.82) is 0 Å². The van der Waals surface area contributed by atoms with Gasteiger partial charge >= 0.3 is 5.97 Å². The molecule has 2 fully saturated rings. The Morgan fingerprint density at radius 2 is 1.59 bits per heavy atom. The molecule has 1 saturated carbocycles. The summed E-state index contributed by atoms with van der Waals surface area (Å²) < 4.78 is 5.90. The van der Waals surface area contributed by atoms with Gasteiger partial charge < -0.3 is 14.7 Å². The van der Waals surface area contributed by atoms with Crippen molar-refractivity contribution >= 4 is 29.0 Å². The zero-order valence-corrected chi connectivity index (χ0v) is 29.0. The maximum atomic E-state index is 13.7. The Morgan fingerprint density at radius 1 is 0.878 bits per heavy atom. The summed E-state index contributed by atoms with van der Waals surface area (Å²) in [4.78, 5) is 51.5. The third-order valence-electron chi connectivity index (χ3n) is 9.56. The SMILES string of the molecule is CCCCCCCOc1ccc(-c2cnc(-c3ccc(C[C@H](CC(=O)c4ccc(C5CC5)s4)C(=O)N4CC[C@H](C(=O)O)C4)cc3)nc2)cc1. The third kappa shape index (κ3) is 9.21. The van der Waals surface area contributed by atoms with E-state index >= 15 is 0 Å². The molecule has 3 heterocycles. The quantitative estimate of drug-likeness (QED) is 0.0881. The number of carbonyl (C=O) groups is 3. The second kappa shape index (κ2) is 16.4. The fraction of sp³-hybridized carbons (Fsp3) is 0.425. The molecule has 1 amide bonds. The number of ketones is 1. The molecule has 4 aromatic rings. The molecular formula is C40H45N3O5S. The minimum Gasteiger partial charge on any atom is -0.494 e. The smallest absolute Gasteiger partial charge is 0.308 e. The number of carboxylic acid groups (broad SMARTS) is 1. The van der Waals surface area contributed by atoms with E-state index in [4.69, 9.17) is 4.74 Å². The molecule has 2 atom stereocenters. The molecule has 1 aliphatic heterocycles. The van der Waals surface area contributed by atoms with Crippen LogP contribution in [0.4, 0.5) is 0 Å². The number of benzene rings is 2. The van der Waals surface area contributed by atoms with E-state index in [9.17, 15) is 19.5 Å². The molecule has 0 unspecified atom stereocenters. The van der Waals surface area contributed by atoms with Gasteiger partial charge in [0, 0.05) is 53.8 Å². The summed E-state index contributed by atoms with van der Waals surface area (Å²) in [7, 11) is 0. The second-order valence-electron chi connectivity index (χ2n) is 13.4. The number of carboxylic acids is 1. The van der Waals surface area contributed by atoms with Crippen LogP contribution in [0, 0.1) is 11.8 Å². The molecule has 8 nitrogen and oxygen atoms in total. The third-order valence-corrected chi connectivity index (χ3v) is 10.9. The highest BCUT2D eigenvalue weighted by Crippen LogP contribution is 2.43. The van der Waals surface area contributed by atoms with E-state index in [2.05, 4.69) is 16.9 Å². The molecular weight excluding hydrogens is 635 g/mol. The molecule has 2 aromatic carbocycles. The number of aliphatic carboxylic acids is 1. The Balaban J connectivity index is 1.08. The molecule has 6 rings (SSSR count). The van der Waals surface area contributed by atoms with E-state index in [1.807, 2.05) is 73.1 Å². The van der Waals surface area contributed by atoms with Gasteiger partial charge in [-0.15, -0.1) is 11.3 Å². The van der Waals surface area contributed by atoms with Crippen LogP contribution in [0.25, 0.3) is 22.5 Å². The van der Waals surface area contributed by atoms with Gasteiger partial charge in [-0.25, -0.2) is 9.97 Å². The van der Waals surface area contributed by atoms with Gasteiger partial charge in [0.15, 0.2) is 11.6 Å². The van der Waals surface area contributed by atoms with Crippen LogP contribution in [0.15, 0.2) is 73.1 Å². The van der Waals surface area contributed by atoms with E-state index in [1.54, 1.807) is 16.2 Å². The number of nitrogens with zero attached hydrogens (tertiary/aromatic N) is 3. The minimum atomic E-state index is -0.883. The van der Waals surface area contributed by atoms with Crippen LogP contribution in [0.1, 0.15) is 90.7 Å². The van der Waals surface area contributed by atoms with Crippen molar-refractivity contribution in [1.82, 2.24) is 14.9 Å². The van der Waals surface area contributed by atoms with Crippen molar-refractivity contribution in [3.8, 4) is 28.3 Å². The number of likely N-dealkylation sites (tertiary alicyclic amines) is 1. The molecule has 49 heavy (non-hydrogen) atoms. The van der Waals surface area contributed by atoms with Crippen LogP contribution in [0.2, 0.25) is 0 Å². The van der Waals surface area contributed by atoms with Gasteiger partial charge in [0.25, 0.3) is 0 Å². The first-order chi connectivity index (χ1) is 23.9. The number of ether oxygens (including phenoxy) is 1. The Kier molecular flexibility index (Phi) is 11.5. The van der Waals surface area contributed by atoms with E-state index in [0.29, 0.717) is 36.0 Å². The van der Waals surface area contributed by atoms with E-state index in [-0.39, 0.29) is 24.7 Å². The largest absolute Gasteiger partial charge is 0.494 e. The Labute approximate surface area is 292 Å². The van der Waals surface area contributed by atoms with Crippen molar-refractivity contribution in [3.05, 3.63) is 88.4 Å². The van der Waals surface area contributed by atoms with E-state index in [1.165, 1.54) is 43.4 Å². The van der Waals surface area contributed by atoms with Crippen LogP contribution in [-0.4, -0.2) is 57.3 Å². The van der Waals surface area contributed by atoms with Gasteiger partial charge in [-0.3, -0.25) is 14.4 Å². The van der Waals surface area contributed by atoms with Crippen molar-refractivity contribution in [2.45, 2.75) is 77.0 Å². The number of thiophene rings is 1. The van der Waals surface area contributed by atoms with Crippen LogP contribution in [0.5, 0.6) is 5.75 Å². The number of Topliss-reactive ketones (excluding diaryl/α,β-unsaturated/α-hetero) is 1. The maximum Gasteiger partial charge on any atom is 0.308 e. The van der Waals surface area contributed by atoms with Gasteiger partial charge in [0.1, 0.15) is 5.75 Å². The normalized spacial score (nSPS) is 16.4. The summed E-state index contributed by atoms with van der Waals surface area (Å²) in [5, 5.41) is 9.48. The van der Waals surface area contributed by atoms with Crippen LogP contribution >= 0.6 is 11.3 Å². The second-order valence-corrected chi connectivity index (χ2v) is 14.5. The topological polar surface area (TPSA) is 110 Å². The highest BCUT2D eigenvalue weighted by Gasteiger charge is 2.35. The highest BCUT2D eigenvalue weighted by atomic mass is 32.1. The molecule has 9 heteroatoms. The summed E-state index contributed by atoms with van der Waals surface area (Å²) >= 11 is 1.54. The summed E-state index contributed by atoms with van der Waals surface area (Å²) in [5.41, 5.74) is 3.71. The molecule has 0 radical (unpaired) electrons. The predicted octanol–water partition coefficient (Wildman–Crippen LogP) is 8.46. The molecule has 0 spiro atoms. The number of hydrogen-bond donors (Lipinski definition) is 1. The Bertz CT molecular complexity index is 1710. The van der Waals surface area contributed by atoms with Crippen LogP contribution < -0.4 is 4.74 Å². The molecule has 2 aromatic heterocycles. The lowest BCUT2D eigenvalue weighted by Gasteiger charge is -2.23. The summed E-state index contributed by atoms with van der Waals surface area (Å²) in [6.45, 7) is 3.54. The highest BCUT2D eigenvalue weighted by molar-refractivity contribution is 7.14. The average Bonchev–Trinajstić information content (AvgIpc) is 3.62. The predicted molar refractivity (Wildman–Crippen MR) is 192 cm³/mol. The summed E-state index contributed by atoms with van der Waals surface area (Å²) in [5.74, 6) is -0.169. The number of hydrogen-bond acceptors (Lipinski definition) is 7. The first kappa shape index (κ1) is 34.5.